The number of aromatic nitrogens is 2. The van der Waals surface area contributed by atoms with Crippen LogP contribution in [0.15, 0.2) is 75.2 Å². The first-order valence-corrected chi connectivity index (χ1v) is 9.80. The van der Waals surface area contributed by atoms with E-state index in [9.17, 15) is 4.79 Å². The molecule has 140 valence electrons. The molecule has 0 bridgehead atoms. The van der Waals surface area contributed by atoms with Gasteiger partial charge in [-0.15, -0.1) is 0 Å². The van der Waals surface area contributed by atoms with Gasteiger partial charge in [-0.2, -0.15) is 0 Å². The number of hydrogen-bond acceptors (Lipinski definition) is 6. The molecule has 0 unspecified atom stereocenters. The maximum absolute atomic E-state index is 13.1. The summed E-state index contributed by atoms with van der Waals surface area (Å²) in [5.74, 6) is 2.87. The summed E-state index contributed by atoms with van der Waals surface area (Å²) in [7, 11) is 0. The van der Waals surface area contributed by atoms with Crippen LogP contribution in [-0.4, -0.2) is 16.3 Å². The Labute approximate surface area is 164 Å². The van der Waals surface area contributed by atoms with Gasteiger partial charge < -0.3 is 13.9 Å². The van der Waals surface area contributed by atoms with E-state index in [4.69, 9.17) is 18.9 Å². The number of benzene rings is 2. The predicted molar refractivity (Wildman–Crippen MR) is 106 cm³/mol. The van der Waals surface area contributed by atoms with Gasteiger partial charge in [-0.25, -0.2) is 4.98 Å². The van der Waals surface area contributed by atoms with Crippen molar-refractivity contribution in [1.82, 2.24) is 9.55 Å². The van der Waals surface area contributed by atoms with E-state index in [0.717, 1.165) is 17.1 Å². The molecule has 1 aliphatic rings. The van der Waals surface area contributed by atoms with E-state index in [1.165, 1.54) is 11.8 Å². The van der Waals surface area contributed by atoms with Crippen molar-refractivity contribution < 1.29 is 13.9 Å². The fraction of sp³-hybridized carbons (Fsp3) is 0.143. The Bertz CT molecular complexity index is 1200. The fourth-order valence-electron chi connectivity index (χ4n) is 3.13. The Morgan fingerprint density at radius 2 is 1.93 bits per heavy atom. The molecule has 6 nitrogen and oxygen atoms in total. The summed E-state index contributed by atoms with van der Waals surface area (Å²) in [6.07, 6.45) is 1.61. The van der Waals surface area contributed by atoms with Gasteiger partial charge in [0.25, 0.3) is 5.56 Å². The molecule has 0 fully saturated rings. The van der Waals surface area contributed by atoms with Gasteiger partial charge in [-0.05, 0) is 42.0 Å². The summed E-state index contributed by atoms with van der Waals surface area (Å²) >= 11 is 1.51. The maximum Gasteiger partial charge on any atom is 0.262 e. The molecule has 0 N–H and O–H groups in total. The van der Waals surface area contributed by atoms with Gasteiger partial charge in [0.15, 0.2) is 16.7 Å². The summed E-state index contributed by atoms with van der Waals surface area (Å²) in [6.45, 7) is 0.591. The van der Waals surface area contributed by atoms with Crippen molar-refractivity contribution in [2.45, 2.75) is 17.5 Å². The molecule has 28 heavy (non-hydrogen) atoms. The average molecular weight is 392 g/mol. The Morgan fingerprint density at radius 1 is 1.04 bits per heavy atom. The van der Waals surface area contributed by atoms with Crippen molar-refractivity contribution in [2.24, 2.45) is 0 Å². The summed E-state index contributed by atoms with van der Waals surface area (Å²) in [5.41, 5.74) is 1.69. The van der Waals surface area contributed by atoms with Crippen LogP contribution in [0.5, 0.6) is 11.5 Å². The van der Waals surface area contributed by atoms with Gasteiger partial charge in [-0.1, -0.05) is 30.0 Å². The van der Waals surface area contributed by atoms with Crippen LogP contribution in [0.1, 0.15) is 11.3 Å². The number of furan rings is 1. The molecule has 0 atom stereocenters. The number of ether oxygens (including phenoxy) is 2. The van der Waals surface area contributed by atoms with Crippen molar-refractivity contribution in [3.05, 3.63) is 82.5 Å². The molecule has 4 aromatic rings. The second-order valence-electron chi connectivity index (χ2n) is 6.36. The first-order chi connectivity index (χ1) is 13.8. The van der Waals surface area contributed by atoms with E-state index < -0.39 is 0 Å². The number of rotatable bonds is 5. The van der Waals surface area contributed by atoms with E-state index in [0.29, 0.717) is 34.1 Å². The first-order valence-electron chi connectivity index (χ1n) is 8.81. The van der Waals surface area contributed by atoms with E-state index >= 15 is 0 Å². The van der Waals surface area contributed by atoms with E-state index in [1.54, 1.807) is 16.9 Å². The lowest BCUT2D eigenvalue weighted by molar-refractivity contribution is 0.174. The smallest absolute Gasteiger partial charge is 0.262 e. The van der Waals surface area contributed by atoms with Crippen molar-refractivity contribution >= 4 is 22.7 Å². The third kappa shape index (κ3) is 3.14. The molecular formula is C21H16N2O4S. The zero-order valence-corrected chi connectivity index (χ0v) is 15.6. The lowest BCUT2D eigenvalue weighted by Gasteiger charge is -2.12. The van der Waals surface area contributed by atoms with Crippen molar-refractivity contribution in [1.29, 1.82) is 0 Å². The van der Waals surface area contributed by atoms with Crippen molar-refractivity contribution in [2.75, 3.05) is 6.79 Å². The Morgan fingerprint density at radius 3 is 2.82 bits per heavy atom. The molecule has 0 saturated carbocycles. The largest absolute Gasteiger partial charge is 0.467 e. The molecule has 2 aromatic carbocycles. The monoisotopic (exact) mass is 392 g/mol. The molecule has 0 amide bonds. The van der Waals surface area contributed by atoms with Gasteiger partial charge in [0.1, 0.15) is 5.76 Å². The zero-order valence-electron chi connectivity index (χ0n) is 14.8. The first kappa shape index (κ1) is 16.9. The topological polar surface area (TPSA) is 66.5 Å². The highest BCUT2D eigenvalue weighted by Gasteiger charge is 2.16. The summed E-state index contributed by atoms with van der Waals surface area (Å²) in [4.78, 5) is 17.8. The SMILES string of the molecule is O=c1c2ccccc2nc(SCc2ccc3c(c2)OCO3)n1Cc1ccco1. The summed E-state index contributed by atoms with van der Waals surface area (Å²) in [5, 5.41) is 1.25. The Hall–Kier alpha value is -3.19. The highest BCUT2D eigenvalue weighted by molar-refractivity contribution is 7.98. The standard InChI is InChI=1S/C21H16N2O4S/c24-20-16-5-1-2-6-17(16)22-21(23(20)11-15-4-3-9-25-15)28-12-14-7-8-18-19(10-14)27-13-26-18/h1-10H,11-13H2. The second-order valence-corrected chi connectivity index (χ2v) is 7.30. The van der Waals surface area contributed by atoms with Gasteiger partial charge in [0.2, 0.25) is 6.79 Å². The molecule has 0 spiro atoms. The lowest BCUT2D eigenvalue weighted by atomic mass is 10.2. The molecule has 2 aromatic heterocycles. The van der Waals surface area contributed by atoms with Crippen LogP contribution >= 0.6 is 11.8 Å². The van der Waals surface area contributed by atoms with Crippen molar-refractivity contribution in [3.8, 4) is 11.5 Å². The van der Waals surface area contributed by atoms with E-state index in [2.05, 4.69) is 0 Å². The highest BCUT2D eigenvalue weighted by Crippen LogP contribution is 2.34. The summed E-state index contributed by atoms with van der Waals surface area (Å²) in [6, 6.07) is 16.9. The normalized spacial score (nSPS) is 12.6. The zero-order chi connectivity index (χ0) is 18.9. The molecule has 0 radical (unpaired) electrons. The second kappa shape index (κ2) is 7.09. The number of nitrogens with zero attached hydrogens (tertiary/aromatic N) is 2. The Balaban J connectivity index is 1.50. The van der Waals surface area contributed by atoms with Crippen LogP contribution in [0.3, 0.4) is 0 Å². The van der Waals surface area contributed by atoms with Gasteiger partial charge in [0.05, 0.1) is 23.7 Å². The fourth-order valence-corrected chi connectivity index (χ4v) is 4.08. The molecule has 0 aliphatic carbocycles. The number of thioether (sulfide) groups is 1. The Kier molecular flexibility index (Phi) is 4.29. The minimum absolute atomic E-state index is 0.0739. The van der Waals surface area contributed by atoms with Crippen LogP contribution in [0.25, 0.3) is 10.9 Å². The van der Waals surface area contributed by atoms with Gasteiger partial charge in [-0.3, -0.25) is 9.36 Å². The highest BCUT2D eigenvalue weighted by atomic mass is 32.2. The number of para-hydroxylation sites is 1. The quantitative estimate of drug-likeness (QED) is 0.377. The molecular weight excluding hydrogens is 376 g/mol. The van der Waals surface area contributed by atoms with Gasteiger partial charge in [0, 0.05) is 5.75 Å². The van der Waals surface area contributed by atoms with Crippen LogP contribution in [0.2, 0.25) is 0 Å². The molecule has 0 saturated heterocycles. The van der Waals surface area contributed by atoms with Crippen molar-refractivity contribution in [3.63, 3.8) is 0 Å². The van der Waals surface area contributed by atoms with E-state index in [-0.39, 0.29) is 12.4 Å². The predicted octanol–water partition coefficient (Wildman–Crippen LogP) is 4.06. The average Bonchev–Trinajstić information content (AvgIpc) is 3.40. The van der Waals surface area contributed by atoms with Crippen LogP contribution in [-0.2, 0) is 12.3 Å². The van der Waals surface area contributed by atoms with E-state index in [1.807, 2.05) is 48.5 Å². The molecule has 3 heterocycles. The third-order valence-corrected chi connectivity index (χ3v) is 5.57. The molecule has 1 aliphatic heterocycles. The van der Waals surface area contributed by atoms with Crippen LogP contribution in [0.4, 0.5) is 0 Å². The minimum atomic E-state index is -0.0739. The third-order valence-electron chi connectivity index (χ3n) is 4.53. The minimum Gasteiger partial charge on any atom is -0.467 e. The molecule has 7 heteroatoms. The number of fused-ring (bicyclic) bond motifs is 2. The number of hydrogen-bond donors (Lipinski definition) is 0. The summed E-state index contributed by atoms with van der Waals surface area (Å²) < 4.78 is 17.9. The van der Waals surface area contributed by atoms with Crippen LogP contribution < -0.4 is 15.0 Å². The van der Waals surface area contributed by atoms with Crippen LogP contribution in [0, 0.1) is 0 Å². The van der Waals surface area contributed by atoms with Gasteiger partial charge >= 0.3 is 0 Å². The maximum atomic E-state index is 13.1. The lowest BCUT2D eigenvalue weighted by Crippen LogP contribution is -2.23. The molecule has 5 rings (SSSR count).